The first kappa shape index (κ1) is 23.6. The minimum absolute atomic E-state index is 0.0453. The Kier molecular flexibility index (Phi) is 8.71. The van der Waals surface area contributed by atoms with Gasteiger partial charge in [0.15, 0.2) is 0 Å². The number of hydrazone groups is 1. The molecule has 0 aromatic heterocycles. The molecule has 9 nitrogen and oxygen atoms in total. The minimum atomic E-state index is -0.933. The summed E-state index contributed by atoms with van der Waals surface area (Å²) < 4.78 is 5.29. The van der Waals surface area contributed by atoms with E-state index in [9.17, 15) is 19.7 Å². The van der Waals surface area contributed by atoms with E-state index in [0.29, 0.717) is 5.69 Å². The summed E-state index contributed by atoms with van der Waals surface area (Å²) in [5.41, 5.74) is 3.67. The summed E-state index contributed by atoms with van der Waals surface area (Å²) in [6.45, 7) is 5.23. The number of halogens is 1. The number of ether oxygens (including phenoxy) is 1. The molecule has 0 bridgehead atoms. The monoisotopic (exact) mass is 444 g/mol. The first-order chi connectivity index (χ1) is 14.8. The maximum Gasteiger partial charge on any atom is 0.328 e. The molecule has 1 amide bonds. The van der Waals surface area contributed by atoms with Crippen LogP contribution in [0.5, 0.6) is 0 Å². The van der Waals surface area contributed by atoms with Gasteiger partial charge in [0.25, 0.3) is 11.6 Å². The Morgan fingerprint density at radius 1 is 1.26 bits per heavy atom. The van der Waals surface area contributed by atoms with Crippen molar-refractivity contribution in [3.8, 4) is 0 Å². The smallest absolute Gasteiger partial charge is 0.328 e. The third-order valence-electron chi connectivity index (χ3n) is 4.16. The number of hydrogen-bond acceptors (Lipinski definition) is 7. The second kappa shape index (κ2) is 11.5. The maximum absolute atomic E-state index is 12.7. The zero-order chi connectivity index (χ0) is 22.8. The third kappa shape index (κ3) is 6.93. The van der Waals surface area contributed by atoms with Gasteiger partial charge in [-0.1, -0.05) is 48.0 Å². The van der Waals surface area contributed by atoms with E-state index in [1.54, 1.807) is 0 Å². The first-order valence-electron chi connectivity index (χ1n) is 9.19. The molecule has 0 fully saturated rings. The summed E-state index contributed by atoms with van der Waals surface area (Å²) >= 11 is 6.02. The van der Waals surface area contributed by atoms with E-state index < -0.39 is 28.0 Å². The van der Waals surface area contributed by atoms with E-state index in [1.807, 2.05) is 30.3 Å². The molecular weight excluding hydrogens is 424 g/mol. The second-order valence-corrected chi connectivity index (χ2v) is 6.69. The Morgan fingerprint density at radius 3 is 2.48 bits per heavy atom. The van der Waals surface area contributed by atoms with Crippen LogP contribution in [0.1, 0.15) is 12.5 Å². The van der Waals surface area contributed by atoms with Gasteiger partial charge in [-0.2, -0.15) is 5.10 Å². The molecule has 31 heavy (non-hydrogen) atoms. The van der Waals surface area contributed by atoms with E-state index in [1.165, 1.54) is 42.2 Å². The lowest BCUT2D eigenvalue weighted by atomic mass is 10.2. The van der Waals surface area contributed by atoms with Crippen molar-refractivity contribution in [2.45, 2.75) is 19.6 Å². The van der Waals surface area contributed by atoms with Crippen LogP contribution in [0.25, 0.3) is 0 Å². The minimum Gasteiger partial charge on any atom is -0.459 e. The van der Waals surface area contributed by atoms with Crippen LogP contribution in [0.3, 0.4) is 0 Å². The van der Waals surface area contributed by atoms with Crippen LogP contribution in [-0.4, -0.2) is 39.5 Å². The van der Waals surface area contributed by atoms with Crippen molar-refractivity contribution < 1.29 is 19.2 Å². The average molecular weight is 445 g/mol. The maximum atomic E-state index is 12.7. The molecule has 162 valence electrons. The number of anilines is 1. The van der Waals surface area contributed by atoms with Crippen molar-refractivity contribution in [2.24, 2.45) is 5.10 Å². The fourth-order valence-corrected chi connectivity index (χ4v) is 2.62. The number of carbonyl (C=O) groups is 2. The molecule has 0 saturated carbocycles. The van der Waals surface area contributed by atoms with Crippen LogP contribution in [0.4, 0.5) is 11.4 Å². The van der Waals surface area contributed by atoms with Crippen LogP contribution in [-0.2, 0) is 20.9 Å². The van der Waals surface area contributed by atoms with Gasteiger partial charge in [-0.25, -0.2) is 4.79 Å². The highest BCUT2D eigenvalue weighted by molar-refractivity contribution is 6.82. The number of amides is 1. The number of rotatable bonds is 10. The molecule has 2 aromatic carbocycles. The third-order valence-corrected chi connectivity index (χ3v) is 4.40. The number of non-ortho nitro benzene ring substituents is 1. The molecule has 0 aliphatic carbocycles. The van der Waals surface area contributed by atoms with Crippen LogP contribution in [0, 0.1) is 10.1 Å². The van der Waals surface area contributed by atoms with Gasteiger partial charge in [-0.15, -0.1) is 6.58 Å². The van der Waals surface area contributed by atoms with Gasteiger partial charge in [0, 0.05) is 18.7 Å². The van der Waals surface area contributed by atoms with Gasteiger partial charge in [0.05, 0.1) is 10.6 Å². The number of carbonyl (C=O) groups excluding carboxylic acids is 2. The fraction of sp³-hybridized carbons (Fsp3) is 0.190. The summed E-state index contributed by atoms with van der Waals surface area (Å²) in [5, 5.41) is 14.1. The summed E-state index contributed by atoms with van der Waals surface area (Å²) in [4.78, 5) is 36.4. The van der Waals surface area contributed by atoms with Crippen molar-refractivity contribution in [2.75, 3.05) is 12.0 Å². The predicted molar refractivity (Wildman–Crippen MR) is 118 cm³/mol. The van der Waals surface area contributed by atoms with Crippen molar-refractivity contribution >= 4 is 40.0 Å². The molecule has 1 atom stereocenters. The number of benzene rings is 2. The Hall–Kier alpha value is -3.72. The highest BCUT2D eigenvalue weighted by atomic mass is 35.5. The van der Waals surface area contributed by atoms with Crippen LogP contribution < -0.4 is 5.43 Å². The van der Waals surface area contributed by atoms with Crippen LogP contribution in [0.15, 0.2) is 72.4 Å². The Balaban J connectivity index is 2.02. The highest BCUT2D eigenvalue weighted by Crippen LogP contribution is 2.16. The van der Waals surface area contributed by atoms with Gasteiger partial charge in [-0.3, -0.25) is 20.3 Å². The molecule has 0 saturated heterocycles. The lowest BCUT2D eigenvalue weighted by molar-refractivity contribution is -0.384. The molecule has 10 heteroatoms. The quantitative estimate of drug-likeness (QED) is 0.196. The summed E-state index contributed by atoms with van der Waals surface area (Å²) in [6.07, 6.45) is 1.45. The number of nitrogens with one attached hydrogen (secondary N) is 1. The number of nitro benzene ring substituents is 1. The fourth-order valence-electron chi connectivity index (χ4n) is 2.47. The van der Waals surface area contributed by atoms with Crippen molar-refractivity contribution in [1.82, 2.24) is 4.90 Å². The highest BCUT2D eigenvalue weighted by Gasteiger charge is 2.28. The molecule has 1 N–H and O–H groups in total. The van der Waals surface area contributed by atoms with Gasteiger partial charge in [0.1, 0.15) is 12.6 Å². The zero-order valence-electron chi connectivity index (χ0n) is 16.7. The largest absolute Gasteiger partial charge is 0.459 e. The zero-order valence-corrected chi connectivity index (χ0v) is 17.5. The van der Waals surface area contributed by atoms with Gasteiger partial charge in [-0.05, 0) is 24.6 Å². The van der Waals surface area contributed by atoms with Crippen LogP contribution >= 0.6 is 11.6 Å². The summed E-state index contributed by atoms with van der Waals surface area (Å²) in [5.74, 6) is -1.31. The number of nitro groups is 1. The number of nitrogens with zero attached hydrogens (tertiary/aromatic N) is 3. The van der Waals surface area contributed by atoms with Crippen molar-refractivity contribution in [1.29, 1.82) is 0 Å². The van der Waals surface area contributed by atoms with Crippen molar-refractivity contribution in [3.05, 3.63) is 82.9 Å². The molecule has 0 aliphatic rings. The van der Waals surface area contributed by atoms with Gasteiger partial charge < -0.3 is 9.64 Å². The van der Waals surface area contributed by atoms with Gasteiger partial charge in [0.2, 0.25) is 5.17 Å². The standard InChI is InChI=1S/C21H21ClN4O5/c1-3-13-25(15(2)21(28)31-14-16-7-5-4-6-8-16)20(27)19(22)24-23-17-9-11-18(12-10-17)26(29)30/h3-12,15,23H,1,13-14H2,2H3/b24-19+/t15-/m0/s1. The lowest BCUT2D eigenvalue weighted by Gasteiger charge is -2.26. The number of esters is 1. The van der Waals surface area contributed by atoms with E-state index >= 15 is 0 Å². The Morgan fingerprint density at radius 2 is 1.90 bits per heavy atom. The first-order valence-corrected chi connectivity index (χ1v) is 9.57. The summed E-state index contributed by atoms with van der Waals surface area (Å²) in [7, 11) is 0. The van der Waals surface area contributed by atoms with E-state index in [4.69, 9.17) is 16.3 Å². The van der Waals surface area contributed by atoms with Crippen molar-refractivity contribution in [3.63, 3.8) is 0 Å². The number of hydrogen-bond donors (Lipinski definition) is 1. The van der Waals surface area contributed by atoms with Crippen LogP contribution in [0.2, 0.25) is 0 Å². The van der Waals surface area contributed by atoms with E-state index in [0.717, 1.165) is 5.56 Å². The average Bonchev–Trinajstić information content (AvgIpc) is 2.79. The second-order valence-electron chi connectivity index (χ2n) is 6.33. The SMILES string of the molecule is C=CCN(C(=O)/C(Cl)=N\Nc1ccc([N+](=O)[O-])cc1)[C@@H](C)C(=O)OCc1ccccc1. The Bertz CT molecular complexity index is 963. The molecule has 0 radical (unpaired) electrons. The molecular formula is C21H21ClN4O5. The summed E-state index contributed by atoms with van der Waals surface area (Å²) in [6, 6.07) is 13.6. The molecule has 0 spiro atoms. The molecule has 0 heterocycles. The normalized spacial score (nSPS) is 11.9. The van der Waals surface area contributed by atoms with E-state index in [2.05, 4.69) is 17.1 Å². The Labute approximate surface area is 184 Å². The topological polar surface area (TPSA) is 114 Å². The lowest BCUT2D eigenvalue weighted by Crippen LogP contribution is -2.46. The molecule has 2 rings (SSSR count). The molecule has 0 unspecified atom stereocenters. The van der Waals surface area contributed by atoms with Gasteiger partial charge >= 0.3 is 5.97 Å². The molecule has 2 aromatic rings. The van der Waals surface area contributed by atoms with E-state index in [-0.39, 0.29) is 18.8 Å². The predicted octanol–water partition coefficient (Wildman–Crippen LogP) is 3.71. The molecule has 0 aliphatic heterocycles.